The largest absolute Gasteiger partial charge is 0.496 e. The van der Waals surface area contributed by atoms with Gasteiger partial charge in [0.2, 0.25) is 0 Å². The van der Waals surface area contributed by atoms with Gasteiger partial charge in [-0.25, -0.2) is 9.18 Å². The smallest absolute Gasteiger partial charge is 0.342 e. The Bertz CT molecular complexity index is 676. The first-order chi connectivity index (χ1) is 10.0. The molecule has 0 fully saturated rings. The van der Waals surface area contributed by atoms with Crippen LogP contribution in [0.15, 0.2) is 36.4 Å². The molecular formula is C15H13ClFNO3. The number of esters is 1. The second-order valence-electron chi connectivity index (χ2n) is 4.27. The Labute approximate surface area is 126 Å². The molecule has 0 unspecified atom stereocenters. The van der Waals surface area contributed by atoms with E-state index in [1.807, 2.05) is 0 Å². The number of nitrogens with two attached hydrogens (primary N) is 1. The van der Waals surface area contributed by atoms with Gasteiger partial charge < -0.3 is 15.2 Å². The summed E-state index contributed by atoms with van der Waals surface area (Å²) in [7, 11) is 1.43. The molecule has 2 aromatic rings. The van der Waals surface area contributed by atoms with Gasteiger partial charge in [-0.05, 0) is 30.3 Å². The van der Waals surface area contributed by atoms with E-state index in [1.165, 1.54) is 25.3 Å². The van der Waals surface area contributed by atoms with E-state index in [2.05, 4.69) is 0 Å². The maximum atomic E-state index is 13.6. The molecule has 0 aliphatic rings. The van der Waals surface area contributed by atoms with Gasteiger partial charge in [0.15, 0.2) is 0 Å². The van der Waals surface area contributed by atoms with Crippen molar-refractivity contribution in [2.45, 2.75) is 6.61 Å². The summed E-state index contributed by atoms with van der Waals surface area (Å²) in [6.45, 7) is -0.209. The topological polar surface area (TPSA) is 61.5 Å². The number of rotatable bonds is 4. The molecule has 0 amide bonds. The Kier molecular flexibility index (Phi) is 4.65. The second kappa shape index (κ2) is 6.45. The number of hydrogen-bond acceptors (Lipinski definition) is 4. The fourth-order valence-electron chi connectivity index (χ4n) is 1.74. The Hall–Kier alpha value is -2.27. The van der Waals surface area contributed by atoms with Crippen molar-refractivity contribution < 1.29 is 18.7 Å². The van der Waals surface area contributed by atoms with Crippen molar-refractivity contribution in [3.63, 3.8) is 0 Å². The van der Waals surface area contributed by atoms with Crippen LogP contribution in [-0.2, 0) is 11.3 Å². The molecule has 2 rings (SSSR count). The lowest BCUT2D eigenvalue weighted by atomic mass is 10.2. The minimum atomic E-state index is -0.645. The number of methoxy groups -OCH3 is 1. The van der Waals surface area contributed by atoms with E-state index in [-0.39, 0.29) is 22.8 Å². The highest BCUT2D eigenvalue weighted by Gasteiger charge is 2.15. The zero-order chi connectivity index (χ0) is 15.4. The maximum Gasteiger partial charge on any atom is 0.342 e. The van der Waals surface area contributed by atoms with Crippen LogP contribution in [0.1, 0.15) is 15.9 Å². The molecule has 0 spiro atoms. The third-order valence-electron chi connectivity index (χ3n) is 2.82. The van der Waals surface area contributed by atoms with Crippen molar-refractivity contribution in [3.8, 4) is 5.75 Å². The summed E-state index contributed by atoms with van der Waals surface area (Å²) in [5.41, 5.74) is 6.45. The van der Waals surface area contributed by atoms with Gasteiger partial charge in [0.1, 0.15) is 23.7 Å². The summed E-state index contributed by atoms with van der Waals surface area (Å²) >= 11 is 5.65. The van der Waals surface area contributed by atoms with E-state index in [1.54, 1.807) is 12.1 Å². The van der Waals surface area contributed by atoms with Gasteiger partial charge in [-0.2, -0.15) is 0 Å². The molecular weight excluding hydrogens is 297 g/mol. The zero-order valence-electron chi connectivity index (χ0n) is 11.2. The summed E-state index contributed by atoms with van der Waals surface area (Å²) in [5, 5.41) is 0.278. The van der Waals surface area contributed by atoms with Crippen LogP contribution in [0.4, 0.5) is 10.1 Å². The number of anilines is 1. The van der Waals surface area contributed by atoms with E-state index in [9.17, 15) is 9.18 Å². The molecule has 2 N–H and O–H groups in total. The fourth-order valence-corrected chi connectivity index (χ4v) is 1.90. The Balaban J connectivity index is 2.13. The standard InChI is InChI=1S/C15H13ClFNO3/c1-20-14-5-4-11(18)7-12(14)15(19)21-8-9-2-3-10(16)6-13(9)17/h2-7H,8,18H2,1H3. The lowest BCUT2D eigenvalue weighted by molar-refractivity contribution is 0.0465. The summed E-state index contributed by atoms with van der Waals surface area (Å²) < 4.78 is 23.7. The predicted molar refractivity (Wildman–Crippen MR) is 77.9 cm³/mol. The highest BCUT2D eigenvalue weighted by Crippen LogP contribution is 2.23. The minimum Gasteiger partial charge on any atom is -0.496 e. The molecule has 0 radical (unpaired) electrons. The lowest BCUT2D eigenvalue weighted by Crippen LogP contribution is -2.08. The number of ether oxygens (including phenoxy) is 2. The van der Waals surface area contributed by atoms with Gasteiger partial charge >= 0.3 is 5.97 Å². The Morgan fingerprint density at radius 2 is 2.05 bits per heavy atom. The predicted octanol–water partition coefficient (Wildman–Crippen LogP) is 3.43. The average molecular weight is 310 g/mol. The van der Waals surface area contributed by atoms with Gasteiger partial charge in [-0.3, -0.25) is 0 Å². The molecule has 0 aromatic heterocycles. The van der Waals surface area contributed by atoms with Crippen molar-refractivity contribution in [1.29, 1.82) is 0 Å². The van der Waals surface area contributed by atoms with Crippen molar-refractivity contribution in [2.75, 3.05) is 12.8 Å². The first-order valence-corrected chi connectivity index (χ1v) is 6.43. The molecule has 0 heterocycles. The highest BCUT2D eigenvalue weighted by atomic mass is 35.5. The molecule has 21 heavy (non-hydrogen) atoms. The van der Waals surface area contributed by atoms with Crippen LogP contribution in [-0.4, -0.2) is 13.1 Å². The molecule has 110 valence electrons. The van der Waals surface area contributed by atoms with Gasteiger partial charge in [0.25, 0.3) is 0 Å². The number of carbonyl (C=O) groups is 1. The van der Waals surface area contributed by atoms with Crippen LogP contribution >= 0.6 is 11.6 Å². The quantitative estimate of drug-likeness (QED) is 0.694. The molecule has 0 saturated carbocycles. The summed E-state index contributed by atoms with van der Waals surface area (Å²) in [5.74, 6) is -0.839. The number of carbonyl (C=O) groups excluding carboxylic acids is 1. The van der Waals surface area contributed by atoms with Crippen LogP contribution in [0.2, 0.25) is 5.02 Å². The van der Waals surface area contributed by atoms with Crippen LogP contribution in [0.5, 0.6) is 5.75 Å². The first-order valence-electron chi connectivity index (χ1n) is 6.06. The van der Waals surface area contributed by atoms with E-state index >= 15 is 0 Å². The van der Waals surface area contributed by atoms with Crippen molar-refractivity contribution in [2.24, 2.45) is 0 Å². The molecule has 0 saturated heterocycles. The zero-order valence-corrected chi connectivity index (χ0v) is 12.0. The van der Waals surface area contributed by atoms with Crippen molar-refractivity contribution in [1.82, 2.24) is 0 Å². The molecule has 0 aliphatic heterocycles. The summed E-state index contributed by atoms with van der Waals surface area (Å²) in [4.78, 5) is 12.0. The molecule has 6 heteroatoms. The van der Waals surface area contributed by atoms with Crippen molar-refractivity contribution in [3.05, 3.63) is 58.4 Å². The van der Waals surface area contributed by atoms with Crippen LogP contribution in [0.3, 0.4) is 0 Å². The first kappa shape index (κ1) is 15.1. The number of hydrogen-bond donors (Lipinski definition) is 1. The number of nitrogen functional groups attached to an aromatic ring is 1. The Morgan fingerprint density at radius 3 is 2.71 bits per heavy atom. The number of halogens is 2. The normalized spacial score (nSPS) is 10.2. The third-order valence-corrected chi connectivity index (χ3v) is 3.05. The van der Waals surface area contributed by atoms with Gasteiger partial charge in [0.05, 0.1) is 7.11 Å². The van der Waals surface area contributed by atoms with Gasteiger partial charge in [-0.1, -0.05) is 17.7 Å². The second-order valence-corrected chi connectivity index (χ2v) is 4.71. The van der Waals surface area contributed by atoms with E-state index in [0.717, 1.165) is 6.07 Å². The maximum absolute atomic E-state index is 13.6. The van der Waals surface area contributed by atoms with E-state index in [0.29, 0.717) is 11.4 Å². The van der Waals surface area contributed by atoms with E-state index < -0.39 is 11.8 Å². The monoisotopic (exact) mass is 309 g/mol. The van der Waals surface area contributed by atoms with Gasteiger partial charge in [0, 0.05) is 16.3 Å². The summed E-state index contributed by atoms with van der Waals surface area (Å²) in [6.07, 6.45) is 0. The molecule has 0 bridgehead atoms. The van der Waals surface area contributed by atoms with Crippen LogP contribution in [0.25, 0.3) is 0 Å². The third kappa shape index (κ3) is 3.64. The highest BCUT2D eigenvalue weighted by molar-refractivity contribution is 6.30. The number of benzene rings is 2. The molecule has 2 aromatic carbocycles. The Morgan fingerprint density at radius 1 is 1.29 bits per heavy atom. The van der Waals surface area contributed by atoms with Crippen molar-refractivity contribution >= 4 is 23.3 Å². The van der Waals surface area contributed by atoms with Crippen LogP contribution in [0, 0.1) is 5.82 Å². The molecule has 0 atom stereocenters. The molecule has 4 nitrogen and oxygen atoms in total. The molecule has 0 aliphatic carbocycles. The average Bonchev–Trinajstić information content (AvgIpc) is 2.46. The van der Waals surface area contributed by atoms with Gasteiger partial charge in [-0.15, -0.1) is 0 Å². The lowest BCUT2D eigenvalue weighted by Gasteiger charge is -2.10. The summed E-state index contributed by atoms with van der Waals surface area (Å²) in [6, 6.07) is 8.75. The SMILES string of the molecule is COc1ccc(N)cc1C(=O)OCc1ccc(Cl)cc1F. The van der Waals surface area contributed by atoms with E-state index in [4.69, 9.17) is 26.8 Å². The minimum absolute atomic E-state index is 0.187. The fraction of sp³-hybridized carbons (Fsp3) is 0.133. The van der Waals surface area contributed by atoms with Crippen LogP contribution < -0.4 is 10.5 Å².